The summed E-state index contributed by atoms with van der Waals surface area (Å²) in [5.41, 5.74) is 1.51. The number of anilines is 1. The molecule has 23 heavy (non-hydrogen) atoms. The third kappa shape index (κ3) is 5.34. The third-order valence-electron chi connectivity index (χ3n) is 3.05. The Morgan fingerprint density at radius 3 is 2.35 bits per heavy atom. The van der Waals surface area contributed by atoms with Crippen LogP contribution < -0.4 is 10.6 Å². The van der Waals surface area contributed by atoms with Crippen molar-refractivity contribution in [2.75, 3.05) is 11.9 Å². The van der Waals surface area contributed by atoms with Crippen LogP contribution in [0.3, 0.4) is 0 Å². The van der Waals surface area contributed by atoms with E-state index in [0.717, 1.165) is 10.0 Å². The van der Waals surface area contributed by atoms with Crippen molar-refractivity contribution < 1.29 is 17.8 Å². The minimum Gasteiger partial charge on any atom is -0.338 e. The Hall–Kier alpha value is -1.90. The summed E-state index contributed by atoms with van der Waals surface area (Å²) in [6.07, 6.45) is 0.677. The topological polar surface area (TPSA) is 95.5 Å². The summed E-state index contributed by atoms with van der Waals surface area (Å²) in [5.74, 6) is 0. The smallest absolute Gasteiger partial charge is 0.319 e. The second kappa shape index (κ2) is 7.58. The zero-order valence-corrected chi connectivity index (χ0v) is 14.4. The lowest BCUT2D eigenvalue weighted by atomic mass is 10.1. The lowest BCUT2D eigenvalue weighted by Crippen LogP contribution is -2.30. The summed E-state index contributed by atoms with van der Waals surface area (Å²) in [6.45, 7) is 0.456. The molecule has 122 valence electrons. The number of nitrogens with one attached hydrogen (secondary N) is 2. The minimum atomic E-state index is -4.23. The van der Waals surface area contributed by atoms with Crippen molar-refractivity contribution in [3.8, 4) is 0 Å². The fourth-order valence-corrected chi connectivity index (χ4v) is 2.86. The molecule has 2 aromatic carbocycles. The second-order valence-electron chi connectivity index (χ2n) is 4.72. The Bertz CT molecular complexity index is 791. The van der Waals surface area contributed by atoms with Crippen LogP contribution in [-0.4, -0.2) is 25.5 Å². The van der Waals surface area contributed by atoms with E-state index in [1.165, 1.54) is 24.3 Å². The maximum atomic E-state index is 11.8. The Labute approximate surface area is 142 Å². The zero-order chi connectivity index (χ0) is 16.9. The van der Waals surface area contributed by atoms with Gasteiger partial charge >= 0.3 is 6.03 Å². The van der Waals surface area contributed by atoms with Crippen LogP contribution in [0.1, 0.15) is 5.56 Å². The lowest BCUT2D eigenvalue weighted by molar-refractivity contribution is 0.252. The highest BCUT2D eigenvalue weighted by Gasteiger charge is 2.09. The molecular formula is C15H15BrN2O4S. The van der Waals surface area contributed by atoms with Crippen LogP contribution in [0.25, 0.3) is 0 Å². The van der Waals surface area contributed by atoms with Crippen molar-refractivity contribution in [2.24, 2.45) is 0 Å². The molecule has 0 aromatic heterocycles. The second-order valence-corrected chi connectivity index (χ2v) is 7.00. The van der Waals surface area contributed by atoms with Gasteiger partial charge in [0.05, 0.1) is 4.90 Å². The quantitative estimate of drug-likeness (QED) is 0.674. The Balaban J connectivity index is 1.84. The van der Waals surface area contributed by atoms with E-state index in [0.29, 0.717) is 18.7 Å². The standard InChI is InChI=1S/C15H15BrN2O4S/c16-14-4-2-1-3-11(14)9-10-17-15(19)18-12-5-7-13(8-6-12)23(20,21)22/h1-8H,9-10H2,(H2,17,18,19)(H,20,21,22). The molecule has 0 unspecified atom stereocenters. The Morgan fingerprint density at radius 2 is 1.74 bits per heavy atom. The zero-order valence-electron chi connectivity index (χ0n) is 12.0. The van der Waals surface area contributed by atoms with E-state index in [4.69, 9.17) is 4.55 Å². The van der Waals surface area contributed by atoms with Crippen molar-refractivity contribution in [3.05, 3.63) is 58.6 Å². The fourth-order valence-electron chi connectivity index (χ4n) is 1.90. The number of urea groups is 1. The van der Waals surface area contributed by atoms with Gasteiger partial charge in [-0.25, -0.2) is 4.79 Å². The Morgan fingerprint density at radius 1 is 1.09 bits per heavy atom. The molecule has 0 aliphatic carbocycles. The molecule has 0 aliphatic rings. The van der Waals surface area contributed by atoms with Gasteiger partial charge in [0.25, 0.3) is 10.1 Å². The molecule has 3 N–H and O–H groups in total. The summed E-state index contributed by atoms with van der Waals surface area (Å²) in [6, 6.07) is 12.6. The molecule has 2 aromatic rings. The predicted octanol–water partition coefficient (Wildman–Crippen LogP) is 3.06. The summed E-state index contributed by atoms with van der Waals surface area (Å²) in [5, 5.41) is 5.30. The monoisotopic (exact) mass is 398 g/mol. The molecule has 0 atom stereocenters. The van der Waals surface area contributed by atoms with Crippen LogP contribution in [0, 0.1) is 0 Å². The first kappa shape index (κ1) is 17.5. The van der Waals surface area contributed by atoms with Crippen LogP contribution in [-0.2, 0) is 16.5 Å². The number of hydrogen-bond donors (Lipinski definition) is 3. The molecule has 6 nitrogen and oxygen atoms in total. The first-order valence-electron chi connectivity index (χ1n) is 6.72. The summed E-state index contributed by atoms with van der Waals surface area (Å²) in [7, 11) is -4.23. The summed E-state index contributed by atoms with van der Waals surface area (Å²) >= 11 is 3.44. The highest BCUT2D eigenvalue weighted by atomic mass is 79.9. The number of amides is 2. The van der Waals surface area contributed by atoms with Gasteiger partial charge in [-0.15, -0.1) is 0 Å². The van der Waals surface area contributed by atoms with Gasteiger partial charge in [0.15, 0.2) is 0 Å². The van der Waals surface area contributed by atoms with Crippen molar-refractivity contribution >= 4 is 37.8 Å². The fraction of sp³-hybridized carbons (Fsp3) is 0.133. The van der Waals surface area contributed by atoms with Crippen molar-refractivity contribution in [1.29, 1.82) is 0 Å². The van der Waals surface area contributed by atoms with E-state index < -0.39 is 16.1 Å². The highest BCUT2D eigenvalue weighted by molar-refractivity contribution is 9.10. The van der Waals surface area contributed by atoms with Crippen molar-refractivity contribution in [1.82, 2.24) is 5.32 Å². The van der Waals surface area contributed by atoms with Crippen LogP contribution in [0.5, 0.6) is 0 Å². The van der Waals surface area contributed by atoms with Crippen LogP contribution in [0.2, 0.25) is 0 Å². The molecule has 0 heterocycles. The van der Waals surface area contributed by atoms with Gasteiger partial charge < -0.3 is 10.6 Å². The number of rotatable bonds is 5. The molecule has 0 aliphatic heterocycles. The molecule has 0 bridgehead atoms. The molecule has 2 amide bonds. The van der Waals surface area contributed by atoms with Gasteiger partial charge in [-0.3, -0.25) is 4.55 Å². The van der Waals surface area contributed by atoms with Gasteiger partial charge in [0, 0.05) is 16.7 Å². The average Bonchev–Trinajstić information content (AvgIpc) is 2.49. The molecule has 0 fully saturated rings. The molecule has 0 radical (unpaired) electrons. The van der Waals surface area contributed by atoms with Gasteiger partial charge in [-0.1, -0.05) is 34.1 Å². The van der Waals surface area contributed by atoms with E-state index >= 15 is 0 Å². The van der Waals surface area contributed by atoms with Crippen LogP contribution in [0.15, 0.2) is 57.9 Å². The largest absolute Gasteiger partial charge is 0.338 e. The van der Waals surface area contributed by atoms with Crippen LogP contribution in [0.4, 0.5) is 10.5 Å². The molecular weight excluding hydrogens is 384 g/mol. The minimum absolute atomic E-state index is 0.225. The van der Waals surface area contributed by atoms with E-state index in [-0.39, 0.29) is 4.90 Å². The first-order chi connectivity index (χ1) is 10.9. The maximum Gasteiger partial charge on any atom is 0.319 e. The van der Waals surface area contributed by atoms with Crippen molar-refractivity contribution in [2.45, 2.75) is 11.3 Å². The van der Waals surface area contributed by atoms with Gasteiger partial charge in [0.2, 0.25) is 0 Å². The molecule has 2 rings (SSSR count). The predicted molar refractivity (Wildman–Crippen MR) is 91.1 cm³/mol. The van der Waals surface area contributed by atoms with Crippen molar-refractivity contribution in [3.63, 3.8) is 0 Å². The van der Waals surface area contributed by atoms with E-state index in [1.807, 2.05) is 24.3 Å². The molecule has 0 saturated heterocycles. The van der Waals surface area contributed by atoms with Gasteiger partial charge in [0.1, 0.15) is 0 Å². The SMILES string of the molecule is O=C(NCCc1ccccc1Br)Nc1ccc(S(=O)(=O)O)cc1. The summed E-state index contributed by atoms with van der Waals surface area (Å²) < 4.78 is 31.7. The van der Waals surface area contributed by atoms with E-state index in [9.17, 15) is 13.2 Å². The number of hydrogen-bond acceptors (Lipinski definition) is 3. The number of benzene rings is 2. The number of carbonyl (C=O) groups is 1. The third-order valence-corrected chi connectivity index (χ3v) is 4.69. The maximum absolute atomic E-state index is 11.8. The molecule has 8 heteroatoms. The van der Waals surface area contributed by atoms with Gasteiger partial charge in [-0.05, 0) is 42.3 Å². The normalized spacial score (nSPS) is 11.0. The number of halogens is 1. The first-order valence-corrected chi connectivity index (χ1v) is 8.95. The molecule has 0 saturated carbocycles. The lowest BCUT2D eigenvalue weighted by Gasteiger charge is -2.09. The summed E-state index contributed by atoms with van der Waals surface area (Å²) in [4.78, 5) is 11.5. The highest BCUT2D eigenvalue weighted by Crippen LogP contribution is 2.16. The van der Waals surface area contributed by atoms with Crippen LogP contribution >= 0.6 is 15.9 Å². The Kier molecular flexibility index (Phi) is 5.75. The van der Waals surface area contributed by atoms with E-state index in [2.05, 4.69) is 26.6 Å². The average molecular weight is 399 g/mol. The number of carbonyl (C=O) groups excluding carboxylic acids is 1. The van der Waals surface area contributed by atoms with E-state index in [1.54, 1.807) is 0 Å². The molecule has 0 spiro atoms. The van der Waals surface area contributed by atoms with Gasteiger partial charge in [-0.2, -0.15) is 8.42 Å².